The average molecular weight is 567 g/mol. The number of nitro benzene ring substituents is 1. The Kier molecular flexibility index (Phi) is 6.95. The minimum Gasteiger partial charge on any atom is -0.465 e. The lowest BCUT2D eigenvalue weighted by atomic mass is 10.1. The summed E-state index contributed by atoms with van der Waals surface area (Å²) in [5.41, 5.74) is -0.250. The number of carbonyl (C=O) groups excluding carboxylic acids is 2. The van der Waals surface area contributed by atoms with Crippen molar-refractivity contribution in [3.05, 3.63) is 65.3 Å². The topological polar surface area (TPSA) is 99.0 Å². The van der Waals surface area contributed by atoms with Gasteiger partial charge in [0.1, 0.15) is 10.2 Å². The molecule has 0 bridgehead atoms. The summed E-state index contributed by atoms with van der Waals surface area (Å²) < 4.78 is 10.3. The number of nitrogens with zero attached hydrogens (tertiary/aromatic N) is 2. The standard InChI is InChI=1S/C16H11Br3N2O6/c1-26-15(22)8-5-3-4-6-20(12(8)16(23)27-2)13-9(17)7-10(18)14(11(13)19)21(24)25/h3-7H,1-2H3. The molecule has 0 radical (unpaired) electrons. The number of ether oxygens (including phenoxy) is 2. The van der Waals surface area contributed by atoms with E-state index in [4.69, 9.17) is 9.47 Å². The molecule has 1 heterocycles. The van der Waals surface area contributed by atoms with Crippen molar-refractivity contribution < 1.29 is 24.0 Å². The third-order valence-electron chi connectivity index (χ3n) is 3.43. The molecule has 0 aliphatic carbocycles. The number of halogens is 3. The number of methoxy groups -OCH3 is 2. The predicted octanol–water partition coefficient (Wildman–Crippen LogP) is 4.37. The monoisotopic (exact) mass is 564 g/mol. The van der Waals surface area contributed by atoms with Crippen LogP contribution in [0.5, 0.6) is 0 Å². The number of allylic oxidation sites excluding steroid dienone is 2. The quantitative estimate of drug-likeness (QED) is 0.303. The first-order valence-corrected chi connectivity index (χ1v) is 9.49. The maximum Gasteiger partial charge on any atom is 0.355 e. The van der Waals surface area contributed by atoms with Crippen molar-refractivity contribution in [3.63, 3.8) is 0 Å². The second-order valence-corrected chi connectivity index (χ2v) is 7.43. The average Bonchev–Trinajstić information content (AvgIpc) is 2.82. The fourth-order valence-electron chi connectivity index (χ4n) is 2.29. The molecule has 11 heteroatoms. The molecule has 1 aromatic carbocycles. The third-order valence-corrected chi connectivity index (χ3v) is 5.39. The smallest absolute Gasteiger partial charge is 0.355 e. The molecule has 0 aromatic heterocycles. The molecular weight excluding hydrogens is 556 g/mol. The summed E-state index contributed by atoms with van der Waals surface area (Å²) >= 11 is 9.72. The molecule has 142 valence electrons. The highest BCUT2D eigenvalue weighted by Gasteiger charge is 2.32. The van der Waals surface area contributed by atoms with Gasteiger partial charge in [0.15, 0.2) is 0 Å². The zero-order chi connectivity index (χ0) is 20.3. The Balaban J connectivity index is 2.87. The molecular formula is C16H11Br3N2O6. The van der Waals surface area contributed by atoms with Crippen LogP contribution in [-0.2, 0) is 19.1 Å². The van der Waals surface area contributed by atoms with E-state index in [0.717, 1.165) is 7.11 Å². The maximum atomic E-state index is 12.5. The lowest BCUT2D eigenvalue weighted by Crippen LogP contribution is -2.27. The first kappa shape index (κ1) is 21.3. The van der Waals surface area contributed by atoms with Crippen LogP contribution in [0.4, 0.5) is 11.4 Å². The molecule has 0 spiro atoms. The van der Waals surface area contributed by atoms with Crippen molar-refractivity contribution in [1.82, 2.24) is 0 Å². The fraction of sp³-hybridized carbons (Fsp3) is 0.125. The molecule has 1 aromatic rings. The van der Waals surface area contributed by atoms with E-state index in [1.165, 1.54) is 36.4 Å². The Morgan fingerprint density at radius 3 is 2.26 bits per heavy atom. The van der Waals surface area contributed by atoms with Gasteiger partial charge in [-0.1, -0.05) is 6.08 Å². The number of rotatable bonds is 4. The van der Waals surface area contributed by atoms with Crippen LogP contribution in [0, 0.1) is 10.1 Å². The molecule has 1 aliphatic heterocycles. The highest BCUT2D eigenvalue weighted by atomic mass is 79.9. The van der Waals surface area contributed by atoms with Crippen LogP contribution in [0.2, 0.25) is 0 Å². The van der Waals surface area contributed by atoms with Crippen LogP contribution >= 0.6 is 47.8 Å². The Morgan fingerprint density at radius 1 is 1.07 bits per heavy atom. The van der Waals surface area contributed by atoms with Gasteiger partial charge in [-0.2, -0.15) is 0 Å². The molecule has 2 rings (SSSR count). The number of anilines is 1. The van der Waals surface area contributed by atoms with Crippen molar-refractivity contribution in [2.45, 2.75) is 0 Å². The van der Waals surface area contributed by atoms with E-state index in [2.05, 4.69) is 47.8 Å². The van der Waals surface area contributed by atoms with Gasteiger partial charge < -0.3 is 14.4 Å². The van der Waals surface area contributed by atoms with Gasteiger partial charge in [0, 0.05) is 10.7 Å². The highest BCUT2D eigenvalue weighted by Crippen LogP contribution is 2.46. The van der Waals surface area contributed by atoms with E-state index in [1.54, 1.807) is 6.08 Å². The van der Waals surface area contributed by atoms with Crippen molar-refractivity contribution in [3.8, 4) is 0 Å². The Hall–Kier alpha value is -1.98. The molecule has 0 amide bonds. The second-order valence-electron chi connectivity index (χ2n) is 4.92. The Morgan fingerprint density at radius 2 is 1.70 bits per heavy atom. The number of nitro groups is 1. The van der Waals surface area contributed by atoms with Crippen LogP contribution in [0.1, 0.15) is 0 Å². The van der Waals surface area contributed by atoms with Crippen molar-refractivity contribution in [2.24, 2.45) is 0 Å². The van der Waals surface area contributed by atoms with Gasteiger partial charge in [-0.15, -0.1) is 0 Å². The highest BCUT2D eigenvalue weighted by molar-refractivity contribution is 9.11. The van der Waals surface area contributed by atoms with E-state index >= 15 is 0 Å². The minimum absolute atomic E-state index is 0.0706. The van der Waals surface area contributed by atoms with Gasteiger partial charge in [0.05, 0.1) is 34.9 Å². The lowest BCUT2D eigenvalue weighted by molar-refractivity contribution is -0.386. The summed E-state index contributed by atoms with van der Waals surface area (Å²) in [4.78, 5) is 36.9. The number of carbonyl (C=O) groups is 2. The molecule has 0 fully saturated rings. The first-order valence-electron chi connectivity index (χ1n) is 7.11. The van der Waals surface area contributed by atoms with Gasteiger partial charge in [-0.05, 0) is 66.0 Å². The van der Waals surface area contributed by atoms with Crippen LogP contribution in [0.25, 0.3) is 0 Å². The van der Waals surface area contributed by atoms with Gasteiger partial charge in [0.25, 0.3) is 5.69 Å². The Labute approximate surface area is 179 Å². The molecule has 0 atom stereocenters. The van der Waals surface area contributed by atoms with Crippen LogP contribution in [0.15, 0.2) is 55.2 Å². The molecule has 1 aliphatic rings. The fourth-order valence-corrected chi connectivity index (χ4v) is 5.09. The summed E-state index contributed by atoms with van der Waals surface area (Å²) in [5, 5.41) is 11.5. The summed E-state index contributed by atoms with van der Waals surface area (Å²) in [7, 11) is 2.34. The summed E-state index contributed by atoms with van der Waals surface area (Å²) in [5.74, 6) is -1.59. The predicted molar refractivity (Wildman–Crippen MR) is 108 cm³/mol. The minimum atomic E-state index is -0.823. The molecule has 27 heavy (non-hydrogen) atoms. The summed E-state index contributed by atoms with van der Waals surface area (Å²) in [6, 6.07) is 1.47. The third kappa shape index (κ3) is 4.14. The molecule has 0 saturated heterocycles. The number of benzene rings is 1. The molecule has 0 unspecified atom stereocenters. The van der Waals surface area contributed by atoms with E-state index in [1.807, 2.05) is 0 Å². The lowest BCUT2D eigenvalue weighted by Gasteiger charge is -2.25. The maximum absolute atomic E-state index is 12.5. The van der Waals surface area contributed by atoms with Crippen LogP contribution in [-0.4, -0.2) is 31.1 Å². The van der Waals surface area contributed by atoms with Gasteiger partial charge in [-0.3, -0.25) is 10.1 Å². The molecule has 0 saturated carbocycles. The SMILES string of the molecule is COC(=O)C1=C(C(=O)OC)N(c2c(Br)cc(Br)c([N+](=O)[O-])c2Br)C=CC=C1. The molecule has 8 nitrogen and oxygen atoms in total. The first-order chi connectivity index (χ1) is 12.7. The zero-order valence-corrected chi connectivity index (χ0v) is 18.6. The van der Waals surface area contributed by atoms with E-state index in [0.29, 0.717) is 4.47 Å². The van der Waals surface area contributed by atoms with Gasteiger partial charge in [-0.25, -0.2) is 9.59 Å². The Bertz CT molecular complexity index is 923. The van der Waals surface area contributed by atoms with E-state index in [9.17, 15) is 19.7 Å². The summed E-state index contributed by atoms with van der Waals surface area (Å²) in [6.45, 7) is 0. The number of hydrogen-bond acceptors (Lipinski definition) is 7. The second kappa shape index (κ2) is 8.81. The van der Waals surface area contributed by atoms with Gasteiger partial charge >= 0.3 is 11.9 Å². The summed E-state index contributed by atoms with van der Waals surface area (Å²) in [6.07, 6.45) is 5.96. The van der Waals surface area contributed by atoms with Crippen molar-refractivity contribution in [1.29, 1.82) is 0 Å². The van der Waals surface area contributed by atoms with Crippen molar-refractivity contribution >= 4 is 71.1 Å². The zero-order valence-electron chi connectivity index (χ0n) is 13.9. The van der Waals surface area contributed by atoms with E-state index in [-0.39, 0.29) is 31.6 Å². The normalized spacial score (nSPS) is 13.4. The van der Waals surface area contributed by atoms with Gasteiger partial charge in [0.2, 0.25) is 0 Å². The van der Waals surface area contributed by atoms with Crippen LogP contribution < -0.4 is 4.90 Å². The number of hydrogen-bond donors (Lipinski definition) is 0. The van der Waals surface area contributed by atoms with Crippen LogP contribution in [0.3, 0.4) is 0 Å². The van der Waals surface area contributed by atoms with E-state index < -0.39 is 16.9 Å². The number of esters is 2. The van der Waals surface area contributed by atoms with Crippen molar-refractivity contribution in [2.75, 3.05) is 19.1 Å². The largest absolute Gasteiger partial charge is 0.465 e. The molecule has 0 N–H and O–H groups in total.